The van der Waals surface area contributed by atoms with Crippen LogP contribution in [-0.4, -0.2) is 41.7 Å². The van der Waals surface area contributed by atoms with Crippen molar-refractivity contribution in [3.8, 4) is 0 Å². The molecule has 2 fully saturated rings. The van der Waals surface area contributed by atoms with Crippen LogP contribution in [0.15, 0.2) is 0 Å². The summed E-state index contributed by atoms with van der Waals surface area (Å²) in [5.41, 5.74) is 5.43. The molecule has 1 unspecified atom stereocenters. The predicted molar refractivity (Wildman–Crippen MR) is 61.8 cm³/mol. The number of aliphatic hydroxyl groups is 1. The quantitative estimate of drug-likeness (QED) is 0.736. The Kier molecular flexibility index (Phi) is 3.50. The van der Waals surface area contributed by atoms with Crippen LogP contribution in [0.2, 0.25) is 0 Å². The Morgan fingerprint density at radius 3 is 2.69 bits per heavy atom. The number of nitrogens with zero attached hydrogens (tertiary/aromatic N) is 1. The molecule has 16 heavy (non-hydrogen) atoms. The molecule has 3 N–H and O–H groups in total. The van der Waals surface area contributed by atoms with E-state index in [1.54, 1.807) is 0 Å². The smallest absolute Gasteiger partial charge is 0.230 e. The van der Waals surface area contributed by atoms with Crippen LogP contribution in [0.25, 0.3) is 0 Å². The maximum absolute atomic E-state index is 12.4. The topological polar surface area (TPSA) is 66.6 Å². The summed E-state index contributed by atoms with van der Waals surface area (Å²) >= 11 is 0. The Morgan fingerprint density at radius 1 is 1.38 bits per heavy atom. The van der Waals surface area contributed by atoms with E-state index >= 15 is 0 Å². The van der Waals surface area contributed by atoms with Gasteiger partial charge in [0.2, 0.25) is 5.91 Å². The molecule has 1 aliphatic heterocycles. The number of aliphatic hydroxyl groups excluding tert-OH is 1. The van der Waals surface area contributed by atoms with Crippen LogP contribution in [0.3, 0.4) is 0 Å². The summed E-state index contributed by atoms with van der Waals surface area (Å²) in [5.74, 6) is 0.191. The molecule has 0 aromatic rings. The molecule has 1 atom stereocenters. The Morgan fingerprint density at radius 2 is 2.12 bits per heavy atom. The number of nitrogens with two attached hydrogens (primary N) is 1. The van der Waals surface area contributed by atoms with Gasteiger partial charge in [0.15, 0.2) is 0 Å². The lowest BCUT2D eigenvalue weighted by molar-refractivity contribution is -0.140. The molecular formula is C12H22N2O2. The Bertz CT molecular complexity index is 264. The second kappa shape index (κ2) is 4.72. The van der Waals surface area contributed by atoms with E-state index in [4.69, 9.17) is 5.73 Å². The molecule has 1 amide bonds. The largest absolute Gasteiger partial charge is 0.394 e. The summed E-state index contributed by atoms with van der Waals surface area (Å²) in [6, 6.07) is 0.0269. The van der Waals surface area contributed by atoms with Gasteiger partial charge in [0, 0.05) is 13.1 Å². The summed E-state index contributed by atoms with van der Waals surface area (Å²) in [6.07, 6.45) is 6.13. The highest BCUT2D eigenvalue weighted by atomic mass is 16.3. The van der Waals surface area contributed by atoms with Gasteiger partial charge in [0.05, 0.1) is 18.1 Å². The minimum absolute atomic E-state index is 0.0269. The lowest BCUT2D eigenvalue weighted by atomic mass is 10.0. The first-order valence-electron chi connectivity index (χ1n) is 6.35. The van der Waals surface area contributed by atoms with Gasteiger partial charge in [0.25, 0.3) is 0 Å². The normalized spacial score (nSPS) is 28.6. The lowest BCUT2D eigenvalue weighted by Crippen LogP contribution is -2.47. The van der Waals surface area contributed by atoms with Crippen LogP contribution in [0, 0.1) is 5.41 Å². The standard InChI is InChI=1S/C12H22N2O2/c13-9-12(5-6-12)11(16)14-7-3-1-2-4-10(14)8-15/h10,15H,1-9,13H2. The molecule has 0 bridgehead atoms. The zero-order chi connectivity index (χ0) is 11.6. The first-order chi connectivity index (χ1) is 7.73. The van der Waals surface area contributed by atoms with Gasteiger partial charge in [-0.3, -0.25) is 4.79 Å². The van der Waals surface area contributed by atoms with Crippen LogP contribution in [0.1, 0.15) is 38.5 Å². The van der Waals surface area contributed by atoms with Crippen molar-refractivity contribution in [1.29, 1.82) is 0 Å². The van der Waals surface area contributed by atoms with Gasteiger partial charge < -0.3 is 15.7 Å². The zero-order valence-electron chi connectivity index (χ0n) is 9.82. The molecule has 1 saturated heterocycles. The van der Waals surface area contributed by atoms with Crippen molar-refractivity contribution < 1.29 is 9.90 Å². The average molecular weight is 226 g/mol. The molecule has 0 aromatic carbocycles. The van der Waals surface area contributed by atoms with Crippen molar-refractivity contribution in [2.24, 2.45) is 11.1 Å². The van der Waals surface area contributed by atoms with E-state index in [2.05, 4.69) is 0 Å². The fourth-order valence-electron chi connectivity index (χ4n) is 2.60. The molecule has 2 rings (SSSR count). The minimum Gasteiger partial charge on any atom is -0.394 e. The summed E-state index contributed by atoms with van der Waals surface area (Å²) in [5, 5.41) is 9.37. The Balaban J connectivity index is 2.07. The van der Waals surface area contributed by atoms with E-state index in [-0.39, 0.29) is 24.0 Å². The zero-order valence-corrected chi connectivity index (χ0v) is 9.82. The highest BCUT2D eigenvalue weighted by Crippen LogP contribution is 2.46. The first kappa shape index (κ1) is 11.9. The van der Waals surface area contributed by atoms with Crippen molar-refractivity contribution in [3.05, 3.63) is 0 Å². The molecule has 1 saturated carbocycles. The number of amides is 1. The van der Waals surface area contributed by atoms with Gasteiger partial charge in [0.1, 0.15) is 0 Å². The SMILES string of the molecule is NCC1(C(=O)N2CCCCCC2CO)CC1. The van der Waals surface area contributed by atoms with E-state index < -0.39 is 0 Å². The lowest BCUT2D eigenvalue weighted by Gasteiger charge is -2.31. The third-order valence-electron chi connectivity index (χ3n) is 4.05. The number of likely N-dealkylation sites (tertiary alicyclic amines) is 1. The van der Waals surface area contributed by atoms with Gasteiger partial charge in [-0.2, -0.15) is 0 Å². The first-order valence-corrected chi connectivity index (χ1v) is 6.35. The third kappa shape index (κ3) is 2.09. The average Bonchev–Trinajstić information content (AvgIpc) is 3.12. The van der Waals surface area contributed by atoms with Crippen molar-refractivity contribution in [1.82, 2.24) is 4.90 Å². The maximum atomic E-state index is 12.4. The molecule has 0 spiro atoms. The highest BCUT2D eigenvalue weighted by molar-refractivity contribution is 5.86. The van der Waals surface area contributed by atoms with Crippen molar-refractivity contribution in [3.63, 3.8) is 0 Å². The molecule has 1 heterocycles. The monoisotopic (exact) mass is 226 g/mol. The Labute approximate surface area is 96.8 Å². The summed E-state index contributed by atoms with van der Waals surface area (Å²) in [4.78, 5) is 14.3. The van der Waals surface area contributed by atoms with E-state index in [0.717, 1.165) is 45.1 Å². The molecular weight excluding hydrogens is 204 g/mol. The minimum atomic E-state index is -0.266. The van der Waals surface area contributed by atoms with Gasteiger partial charge in [-0.1, -0.05) is 12.8 Å². The van der Waals surface area contributed by atoms with E-state index in [1.807, 2.05) is 4.90 Å². The number of carbonyl (C=O) groups excluding carboxylic acids is 1. The molecule has 4 heteroatoms. The summed E-state index contributed by atoms with van der Waals surface area (Å²) in [6.45, 7) is 1.35. The fraction of sp³-hybridized carbons (Fsp3) is 0.917. The molecule has 4 nitrogen and oxygen atoms in total. The molecule has 0 aromatic heterocycles. The van der Waals surface area contributed by atoms with E-state index in [1.165, 1.54) is 0 Å². The fourth-order valence-corrected chi connectivity index (χ4v) is 2.60. The Hall–Kier alpha value is -0.610. The molecule has 0 radical (unpaired) electrons. The number of carbonyl (C=O) groups is 1. The van der Waals surface area contributed by atoms with Gasteiger partial charge in [-0.15, -0.1) is 0 Å². The van der Waals surface area contributed by atoms with Gasteiger partial charge in [-0.05, 0) is 25.7 Å². The number of hydrogen-bond donors (Lipinski definition) is 2. The predicted octanol–water partition coefficient (Wildman–Crippen LogP) is 0.489. The van der Waals surface area contributed by atoms with Crippen molar-refractivity contribution >= 4 is 5.91 Å². The summed E-state index contributed by atoms with van der Waals surface area (Å²) < 4.78 is 0. The van der Waals surface area contributed by atoms with Crippen LogP contribution in [-0.2, 0) is 4.79 Å². The van der Waals surface area contributed by atoms with E-state index in [9.17, 15) is 9.90 Å². The summed E-state index contributed by atoms with van der Waals surface area (Å²) in [7, 11) is 0. The number of hydrogen-bond acceptors (Lipinski definition) is 3. The maximum Gasteiger partial charge on any atom is 0.230 e. The van der Waals surface area contributed by atoms with E-state index in [0.29, 0.717) is 6.54 Å². The molecule has 92 valence electrons. The van der Waals surface area contributed by atoms with Crippen molar-refractivity contribution in [2.75, 3.05) is 19.7 Å². The highest BCUT2D eigenvalue weighted by Gasteiger charge is 2.51. The van der Waals surface area contributed by atoms with Crippen LogP contribution >= 0.6 is 0 Å². The second-order valence-corrected chi connectivity index (χ2v) is 5.17. The second-order valence-electron chi connectivity index (χ2n) is 5.17. The van der Waals surface area contributed by atoms with Crippen molar-refractivity contribution in [2.45, 2.75) is 44.6 Å². The third-order valence-corrected chi connectivity index (χ3v) is 4.05. The molecule has 1 aliphatic carbocycles. The van der Waals surface area contributed by atoms with Gasteiger partial charge >= 0.3 is 0 Å². The van der Waals surface area contributed by atoms with Crippen LogP contribution < -0.4 is 5.73 Å². The molecule has 2 aliphatic rings. The van der Waals surface area contributed by atoms with Crippen LogP contribution in [0.5, 0.6) is 0 Å². The van der Waals surface area contributed by atoms with Gasteiger partial charge in [-0.25, -0.2) is 0 Å². The van der Waals surface area contributed by atoms with Crippen LogP contribution in [0.4, 0.5) is 0 Å². The number of rotatable bonds is 3.